The van der Waals surface area contributed by atoms with Crippen molar-refractivity contribution in [2.24, 2.45) is 0 Å². The van der Waals surface area contributed by atoms with Crippen LogP contribution >= 0.6 is 0 Å². The molecule has 2 aromatic rings. The first-order valence-electron chi connectivity index (χ1n) is 7.66. The van der Waals surface area contributed by atoms with E-state index in [4.69, 9.17) is 0 Å². The van der Waals surface area contributed by atoms with Crippen molar-refractivity contribution in [3.05, 3.63) is 53.9 Å². The van der Waals surface area contributed by atoms with Gasteiger partial charge in [0.1, 0.15) is 5.69 Å². The number of benzene rings is 1. The molecule has 128 valence electrons. The standard InChI is InChI=1S/C17H21N3O3S/c1-4-10-19-17(21)16-12-14(9-11-18-16)20(3)24(22,23)15-7-5-13(2)6-8-15/h5-9,11-12H,4,10H2,1-3H3,(H,19,21). The van der Waals surface area contributed by atoms with Gasteiger partial charge in [0, 0.05) is 19.8 Å². The van der Waals surface area contributed by atoms with Crippen LogP contribution < -0.4 is 9.62 Å². The quantitative estimate of drug-likeness (QED) is 0.870. The van der Waals surface area contributed by atoms with Crippen LogP contribution in [-0.4, -0.2) is 32.9 Å². The topological polar surface area (TPSA) is 79.4 Å². The fourth-order valence-corrected chi connectivity index (χ4v) is 3.26. The number of nitrogens with one attached hydrogen (secondary N) is 1. The smallest absolute Gasteiger partial charge is 0.269 e. The van der Waals surface area contributed by atoms with E-state index in [0.29, 0.717) is 12.2 Å². The van der Waals surface area contributed by atoms with Crippen molar-refractivity contribution in [3.8, 4) is 0 Å². The fraction of sp³-hybridized carbons (Fsp3) is 0.294. The van der Waals surface area contributed by atoms with Crippen LogP contribution in [0.2, 0.25) is 0 Å². The summed E-state index contributed by atoms with van der Waals surface area (Å²) >= 11 is 0. The molecule has 1 N–H and O–H groups in total. The minimum Gasteiger partial charge on any atom is -0.351 e. The first-order valence-corrected chi connectivity index (χ1v) is 9.10. The second-order valence-corrected chi connectivity index (χ2v) is 7.41. The summed E-state index contributed by atoms with van der Waals surface area (Å²) in [5, 5.41) is 2.72. The maximum atomic E-state index is 12.7. The number of carbonyl (C=O) groups is 1. The molecule has 0 bridgehead atoms. The number of rotatable bonds is 6. The van der Waals surface area contributed by atoms with E-state index in [1.165, 1.54) is 19.3 Å². The van der Waals surface area contributed by atoms with E-state index < -0.39 is 10.0 Å². The van der Waals surface area contributed by atoms with E-state index in [1.54, 1.807) is 30.3 Å². The van der Waals surface area contributed by atoms with Gasteiger partial charge in [0.2, 0.25) is 0 Å². The third kappa shape index (κ3) is 3.91. The molecule has 0 radical (unpaired) electrons. The van der Waals surface area contributed by atoms with E-state index in [9.17, 15) is 13.2 Å². The zero-order chi connectivity index (χ0) is 17.7. The molecule has 2 rings (SSSR count). The predicted octanol–water partition coefficient (Wildman–Crippen LogP) is 2.35. The van der Waals surface area contributed by atoms with Crippen molar-refractivity contribution in [1.29, 1.82) is 0 Å². The molecule has 0 aliphatic heterocycles. The van der Waals surface area contributed by atoms with Crippen LogP contribution in [0.25, 0.3) is 0 Å². The highest BCUT2D eigenvalue weighted by atomic mass is 32.2. The summed E-state index contributed by atoms with van der Waals surface area (Å²) in [6.45, 7) is 4.39. The number of nitrogens with zero attached hydrogens (tertiary/aromatic N) is 2. The molecule has 0 saturated carbocycles. The summed E-state index contributed by atoms with van der Waals surface area (Å²) in [6, 6.07) is 9.65. The zero-order valence-electron chi connectivity index (χ0n) is 14.0. The fourth-order valence-electron chi connectivity index (χ4n) is 2.08. The molecule has 1 amide bonds. The first kappa shape index (κ1) is 17.9. The van der Waals surface area contributed by atoms with Crippen LogP contribution in [0.3, 0.4) is 0 Å². The minimum absolute atomic E-state index is 0.187. The maximum absolute atomic E-state index is 12.7. The molecule has 1 aromatic heterocycles. The van der Waals surface area contributed by atoms with Crippen LogP contribution in [0.4, 0.5) is 5.69 Å². The number of hydrogen-bond acceptors (Lipinski definition) is 4. The van der Waals surface area contributed by atoms with Crippen LogP contribution in [-0.2, 0) is 10.0 Å². The molecular formula is C17H21N3O3S. The molecule has 24 heavy (non-hydrogen) atoms. The highest BCUT2D eigenvalue weighted by molar-refractivity contribution is 7.92. The van der Waals surface area contributed by atoms with Gasteiger partial charge < -0.3 is 5.32 Å². The Labute approximate surface area is 142 Å². The molecule has 0 aliphatic rings. The normalized spacial score (nSPS) is 11.1. The molecule has 0 atom stereocenters. The van der Waals surface area contributed by atoms with Gasteiger partial charge >= 0.3 is 0 Å². The van der Waals surface area contributed by atoms with Crippen molar-refractivity contribution in [2.45, 2.75) is 25.2 Å². The van der Waals surface area contributed by atoms with Crippen molar-refractivity contribution < 1.29 is 13.2 Å². The highest BCUT2D eigenvalue weighted by Crippen LogP contribution is 2.22. The summed E-state index contributed by atoms with van der Waals surface area (Å²) in [5.41, 5.74) is 1.55. The van der Waals surface area contributed by atoms with Crippen LogP contribution in [0, 0.1) is 6.92 Å². The molecule has 0 aliphatic carbocycles. The van der Waals surface area contributed by atoms with Gasteiger partial charge in [-0.3, -0.25) is 14.1 Å². The summed E-state index contributed by atoms with van der Waals surface area (Å²) in [6.07, 6.45) is 2.24. The lowest BCUT2D eigenvalue weighted by Gasteiger charge is -2.20. The van der Waals surface area contributed by atoms with Gasteiger partial charge in [-0.25, -0.2) is 8.42 Å². The van der Waals surface area contributed by atoms with E-state index in [0.717, 1.165) is 16.3 Å². The third-order valence-electron chi connectivity index (χ3n) is 3.55. The minimum atomic E-state index is -3.69. The Morgan fingerprint density at radius 3 is 2.50 bits per heavy atom. The molecule has 0 saturated heterocycles. The Balaban J connectivity index is 2.30. The monoisotopic (exact) mass is 347 g/mol. The van der Waals surface area contributed by atoms with Crippen molar-refractivity contribution in [3.63, 3.8) is 0 Å². The molecule has 6 nitrogen and oxygen atoms in total. The lowest BCUT2D eigenvalue weighted by molar-refractivity contribution is 0.0948. The van der Waals surface area contributed by atoms with Crippen LogP contribution in [0.15, 0.2) is 47.5 Å². The predicted molar refractivity (Wildman–Crippen MR) is 93.6 cm³/mol. The summed E-state index contributed by atoms with van der Waals surface area (Å²) in [7, 11) is -2.24. The Morgan fingerprint density at radius 1 is 1.21 bits per heavy atom. The lowest BCUT2D eigenvalue weighted by atomic mass is 10.2. The SMILES string of the molecule is CCCNC(=O)c1cc(N(C)S(=O)(=O)c2ccc(C)cc2)ccn1. The zero-order valence-corrected chi connectivity index (χ0v) is 14.8. The number of amides is 1. The number of carbonyl (C=O) groups excluding carboxylic acids is 1. The van der Waals surface area contributed by atoms with E-state index >= 15 is 0 Å². The van der Waals surface area contributed by atoms with E-state index in [1.807, 2.05) is 13.8 Å². The molecule has 1 heterocycles. The second-order valence-electron chi connectivity index (χ2n) is 5.44. The van der Waals surface area contributed by atoms with Gasteiger partial charge in [-0.2, -0.15) is 0 Å². The molecule has 0 fully saturated rings. The first-order chi connectivity index (χ1) is 11.4. The summed E-state index contributed by atoms with van der Waals surface area (Å²) in [4.78, 5) is 16.2. The van der Waals surface area contributed by atoms with Gasteiger partial charge in [0.25, 0.3) is 15.9 Å². The number of sulfonamides is 1. The molecule has 0 unspecified atom stereocenters. The second kappa shape index (κ2) is 7.44. The third-order valence-corrected chi connectivity index (χ3v) is 5.35. The molecule has 7 heteroatoms. The lowest BCUT2D eigenvalue weighted by Crippen LogP contribution is -2.28. The number of hydrogen-bond donors (Lipinski definition) is 1. The largest absolute Gasteiger partial charge is 0.351 e. The van der Waals surface area contributed by atoms with E-state index in [2.05, 4.69) is 10.3 Å². The number of pyridine rings is 1. The average molecular weight is 347 g/mol. The Kier molecular flexibility index (Phi) is 5.56. The Morgan fingerprint density at radius 2 is 1.88 bits per heavy atom. The van der Waals surface area contributed by atoms with Gasteiger partial charge in [-0.05, 0) is 37.6 Å². The van der Waals surface area contributed by atoms with Crippen molar-refractivity contribution in [2.75, 3.05) is 17.9 Å². The highest BCUT2D eigenvalue weighted by Gasteiger charge is 2.22. The molecule has 0 spiro atoms. The van der Waals surface area contributed by atoms with Crippen LogP contribution in [0.1, 0.15) is 29.4 Å². The van der Waals surface area contributed by atoms with Crippen molar-refractivity contribution >= 4 is 21.6 Å². The van der Waals surface area contributed by atoms with Gasteiger partial charge in [-0.1, -0.05) is 24.6 Å². The van der Waals surface area contributed by atoms with Crippen molar-refractivity contribution in [1.82, 2.24) is 10.3 Å². The average Bonchev–Trinajstić information content (AvgIpc) is 2.59. The Hall–Kier alpha value is -2.41. The summed E-state index contributed by atoms with van der Waals surface area (Å²) in [5.74, 6) is -0.320. The number of anilines is 1. The maximum Gasteiger partial charge on any atom is 0.269 e. The summed E-state index contributed by atoms with van der Waals surface area (Å²) < 4.78 is 26.6. The number of aromatic nitrogens is 1. The molecular weight excluding hydrogens is 326 g/mol. The van der Waals surface area contributed by atoms with Crippen LogP contribution in [0.5, 0.6) is 0 Å². The van der Waals surface area contributed by atoms with Gasteiger partial charge in [0.15, 0.2) is 0 Å². The molecule has 1 aromatic carbocycles. The Bertz CT molecular complexity index is 817. The van der Waals surface area contributed by atoms with Gasteiger partial charge in [-0.15, -0.1) is 0 Å². The number of aryl methyl sites for hydroxylation is 1. The van der Waals surface area contributed by atoms with Gasteiger partial charge in [0.05, 0.1) is 10.6 Å². The van der Waals surface area contributed by atoms with E-state index in [-0.39, 0.29) is 16.5 Å².